The van der Waals surface area contributed by atoms with Crippen LogP contribution in [0.5, 0.6) is 17.2 Å². The monoisotopic (exact) mass is 272 g/mol. The fourth-order valence-corrected chi connectivity index (χ4v) is 2.05. The van der Waals surface area contributed by atoms with Crippen LogP contribution in [0.2, 0.25) is 0 Å². The van der Waals surface area contributed by atoms with Crippen molar-refractivity contribution in [3.63, 3.8) is 0 Å². The van der Waals surface area contributed by atoms with Gasteiger partial charge in [-0.15, -0.1) is 0 Å². The van der Waals surface area contributed by atoms with E-state index in [2.05, 4.69) is 24.3 Å². The van der Waals surface area contributed by atoms with Crippen LogP contribution in [0.25, 0.3) is 0 Å². The van der Waals surface area contributed by atoms with Crippen molar-refractivity contribution in [2.45, 2.75) is 12.8 Å². The molecule has 3 heteroatoms. The molecule has 0 amide bonds. The molecule has 0 aliphatic rings. The van der Waals surface area contributed by atoms with Crippen molar-refractivity contribution in [1.29, 1.82) is 0 Å². The van der Waals surface area contributed by atoms with Gasteiger partial charge in [0.2, 0.25) is 5.75 Å². The van der Waals surface area contributed by atoms with Gasteiger partial charge >= 0.3 is 0 Å². The highest BCUT2D eigenvalue weighted by molar-refractivity contribution is 5.51. The van der Waals surface area contributed by atoms with Crippen LogP contribution in [0.3, 0.4) is 0 Å². The van der Waals surface area contributed by atoms with Gasteiger partial charge in [-0.3, -0.25) is 0 Å². The molecule has 0 saturated heterocycles. The number of benzene rings is 2. The van der Waals surface area contributed by atoms with E-state index in [1.54, 1.807) is 14.2 Å². The first-order chi connectivity index (χ1) is 9.85. The summed E-state index contributed by atoms with van der Waals surface area (Å²) in [5, 5.41) is 0. The average Bonchev–Trinajstić information content (AvgIpc) is 2.52. The highest BCUT2D eigenvalue weighted by atomic mass is 16.5. The average molecular weight is 272 g/mol. The van der Waals surface area contributed by atoms with Gasteiger partial charge in [0.25, 0.3) is 0 Å². The van der Waals surface area contributed by atoms with Crippen molar-refractivity contribution in [3.05, 3.63) is 54.1 Å². The lowest BCUT2D eigenvalue weighted by molar-refractivity contribution is 0.271. The lowest BCUT2D eigenvalue weighted by Crippen LogP contribution is -2.02. The number of hydrogen-bond acceptors (Lipinski definition) is 3. The number of para-hydroxylation sites is 1. The van der Waals surface area contributed by atoms with Gasteiger partial charge < -0.3 is 14.2 Å². The molecule has 106 valence electrons. The second-order valence-corrected chi connectivity index (χ2v) is 4.43. The summed E-state index contributed by atoms with van der Waals surface area (Å²) in [6.07, 6.45) is 1.95. The van der Waals surface area contributed by atoms with Crippen molar-refractivity contribution >= 4 is 0 Å². The predicted octanol–water partition coefficient (Wildman–Crippen LogP) is 3.72. The van der Waals surface area contributed by atoms with Gasteiger partial charge in [0.05, 0.1) is 20.8 Å². The van der Waals surface area contributed by atoms with E-state index in [1.165, 1.54) is 5.56 Å². The Kier molecular flexibility index (Phi) is 5.30. The van der Waals surface area contributed by atoms with Crippen LogP contribution in [0.15, 0.2) is 48.5 Å². The van der Waals surface area contributed by atoms with Crippen molar-refractivity contribution in [2.75, 3.05) is 20.8 Å². The Bertz CT molecular complexity index is 501. The maximum atomic E-state index is 5.82. The Morgan fingerprint density at radius 1 is 0.800 bits per heavy atom. The zero-order valence-corrected chi connectivity index (χ0v) is 12.0. The van der Waals surface area contributed by atoms with Crippen LogP contribution in [-0.4, -0.2) is 20.8 Å². The minimum absolute atomic E-state index is 0.631. The number of rotatable bonds is 7. The predicted molar refractivity (Wildman–Crippen MR) is 79.8 cm³/mol. The molecule has 2 aromatic carbocycles. The molecule has 3 nitrogen and oxygen atoms in total. The summed E-state index contributed by atoms with van der Waals surface area (Å²) in [5.41, 5.74) is 1.32. The molecule has 0 spiro atoms. The Morgan fingerprint density at radius 2 is 1.45 bits per heavy atom. The molecular formula is C17H20O3. The summed E-state index contributed by atoms with van der Waals surface area (Å²) < 4.78 is 16.4. The molecule has 0 atom stereocenters. The molecule has 0 saturated carbocycles. The van der Waals surface area contributed by atoms with Crippen LogP contribution in [0.4, 0.5) is 0 Å². The van der Waals surface area contributed by atoms with E-state index in [4.69, 9.17) is 14.2 Å². The van der Waals surface area contributed by atoms with E-state index in [1.807, 2.05) is 24.3 Å². The SMILES string of the molecule is COc1cccc(OC)c1OCCCc1ccccc1. The lowest BCUT2D eigenvalue weighted by atomic mass is 10.1. The molecule has 0 heterocycles. The van der Waals surface area contributed by atoms with E-state index in [0.29, 0.717) is 23.9 Å². The van der Waals surface area contributed by atoms with Crippen LogP contribution in [-0.2, 0) is 6.42 Å². The van der Waals surface area contributed by atoms with Crippen LogP contribution >= 0.6 is 0 Å². The topological polar surface area (TPSA) is 27.7 Å². The molecule has 0 unspecified atom stereocenters. The summed E-state index contributed by atoms with van der Waals surface area (Å²) in [6, 6.07) is 16.0. The summed E-state index contributed by atoms with van der Waals surface area (Å²) in [4.78, 5) is 0. The standard InChI is InChI=1S/C17H20O3/c1-18-15-11-6-12-16(19-2)17(15)20-13-7-10-14-8-4-3-5-9-14/h3-6,8-9,11-12H,7,10,13H2,1-2H3. The maximum absolute atomic E-state index is 5.82. The second-order valence-electron chi connectivity index (χ2n) is 4.43. The van der Waals surface area contributed by atoms with Crippen LogP contribution in [0, 0.1) is 0 Å². The second kappa shape index (κ2) is 7.43. The minimum Gasteiger partial charge on any atom is -0.493 e. The zero-order chi connectivity index (χ0) is 14.2. The van der Waals surface area contributed by atoms with Crippen molar-refractivity contribution in [1.82, 2.24) is 0 Å². The van der Waals surface area contributed by atoms with E-state index >= 15 is 0 Å². The van der Waals surface area contributed by atoms with Crippen molar-refractivity contribution in [3.8, 4) is 17.2 Å². The number of hydrogen-bond donors (Lipinski definition) is 0. The van der Waals surface area contributed by atoms with Gasteiger partial charge in [0, 0.05) is 0 Å². The van der Waals surface area contributed by atoms with Gasteiger partial charge in [0.15, 0.2) is 11.5 Å². The number of ether oxygens (including phenoxy) is 3. The van der Waals surface area contributed by atoms with Gasteiger partial charge in [0.1, 0.15) is 0 Å². The number of methoxy groups -OCH3 is 2. The third-order valence-electron chi connectivity index (χ3n) is 3.08. The zero-order valence-electron chi connectivity index (χ0n) is 12.0. The van der Waals surface area contributed by atoms with Gasteiger partial charge in [-0.1, -0.05) is 36.4 Å². The van der Waals surface area contributed by atoms with Crippen LogP contribution < -0.4 is 14.2 Å². The number of aryl methyl sites for hydroxylation is 1. The first kappa shape index (κ1) is 14.3. The van der Waals surface area contributed by atoms with E-state index in [-0.39, 0.29) is 0 Å². The highest BCUT2D eigenvalue weighted by Gasteiger charge is 2.10. The smallest absolute Gasteiger partial charge is 0.203 e. The molecule has 0 fully saturated rings. The summed E-state index contributed by atoms with van der Waals surface area (Å²) in [7, 11) is 3.26. The van der Waals surface area contributed by atoms with Gasteiger partial charge in [-0.05, 0) is 30.5 Å². The van der Waals surface area contributed by atoms with E-state index < -0.39 is 0 Å². The molecule has 20 heavy (non-hydrogen) atoms. The fourth-order valence-electron chi connectivity index (χ4n) is 2.05. The molecule has 2 aromatic rings. The molecular weight excluding hydrogens is 252 g/mol. The van der Waals surface area contributed by atoms with Crippen molar-refractivity contribution in [2.24, 2.45) is 0 Å². The largest absolute Gasteiger partial charge is 0.493 e. The van der Waals surface area contributed by atoms with E-state index in [9.17, 15) is 0 Å². The molecule has 0 radical (unpaired) electrons. The molecule has 0 aliphatic carbocycles. The molecule has 0 aromatic heterocycles. The molecule has 0 bridgehead atoms. The third-order valence-corrected chi connectivity index (χ3v) is 3.08. The molecule has 0 aliphatic heterocycles. The van der Waals surface area contributed by atoms with Crippen molar-refractivity contribution < 1.29 is 14.2 Å². The Labute approximate surface area is 120 Å². The highest BCUT2D eigenvalue weighted by Crippen LogP contribution is 2.36. The van der Waals surface area contributed by atoms with Gasteiger partial charge in [-0.2, -0.15) is 0 Å². The Morgan fingerprint density at radius 3 is 2.05 bits per heavy atom. The molecule has 0 N–H and O–H groups in total. The maximum Gasteiger partial charge on any atom is 0.203 e. The summed E-state index contributed by atoms with van der Waals surface area (Å²) in [5.74, 6) is 2.07. The minimum atomic E-state index is 0.631. The quantitative estimate of drug-likeness (QED) is 0.719. The first-order valence-corrected chi connectivity index (χ1v) is 6.73. The normalized spacial score (nSPS) is 10.1. The molecule has 2 rings (SSSR count). The summed E-state index contributed by atoms with van der Waals surface area (Å²) >= 11 is 0. The lowest BCUT2D eigenvalue weighted by Gasteiger charge is -2.14. The van der Waals surface area contributed by atoms with Gasteiger partial charge in [-0.25, -0.2) is 0 Å². The van der Waals surface area contributed by atoms with E-state index in [0.717, 1.165) is 12.8 Å². The Balaban J connectivity index is 1.90. The third kappa shape index (κ3) is 3.67. The summed E-state index contributed by atoms with van der Waals surface area (Å²) in [6.45, 7) is 0.631. The first-order valence-electron chi connectivity index (χ1n) is 6.73. The fraction of sp³-hybridized carbons (Fsp3) is 0.294. The van der Waals surface area contributed by atoms with Crippen LogP contribution in [0.1, 0.15) is 12.0 Å². The Hall–Kier alpha value is -2.16.